The normalized spacial score (nSPS) is 10.4. The van der Waals surface area contributed by atoms with Gasteiger partial charge in [-0.15, -0.1) is 11.3 Å². The molecule has 0 radical (unpaired) electrons. The summed E-state index contributed by atoms with van der Waals surface area (Å²) in [5, 5.41) is 7.49. The van der Waals surface area contributed by atoms with E-state index in [9.17, 15) is 9.59 Å². The highest BCUT2D eigenvalue weighted by atomic mass is 32.1. The lowest BCUT2D eigenvalue weighted by Gasteiger charge is -2.11. The number of carbonyl (C=O) groups excluding carboxylic acids is 2. The Morgan fingerprint density at radius 1 is 1.07 bits per heavy atom. The molecule has 29 heavy (non-hydrogen) atoms. The van der Waals surface area contributed by atoms with E-state index >= 15 is 0 Å². The van der Waals surface area contributed by atoms with E-state index in [4.69, 9.17) is 9.47 Å². The average Bonchev–Trinajstić information content (AvgIpc) is 3.28. The number of methoxy groups -OCH3 is 1. The number of pyridine rings is 1. The molecule has 0 aliphatic rings. The number of hydrogen-bond acceptors (Lipinski definition) is 6. The summed E-state index contributed by atoms with van der Waals surface area (Å²) in [6, 6.07) is 14.0. The Morgan fingerprint density at radius 2 is 1.97 bits per heavy atom. The summed E-state index contributed by atoms with van der Waals surface area (Å²) in [6.07, 6.45) is 1.63. The standard InChI is InChI=1S/C21H21N3O4S/c1-27-10-11-28-21-16(6-3-9-22-21)14-23-19(25)15-5-2-7-17(13-15)24-20(26)18-8-4-12-29-18/h2-9,12-13H,10-11,14H2,1H3,(H,23,25)(H,24,26). The topological polar surface area (TPSA) is 89.6 Å². The number of thiophene rings is 1. The summed E-state index contributed by atoms with van der Waals surface area (Å²) < 4.78 is 10.5. The van der Waals surface area contributed by atoms with Gasteiger partial charge < -0.3 is 20.1 Å². The van der Waals surface area contributed by atoms with Crippen LogP contribution in [0.4, 0.5) is 5.69 Å². The van der Waals surface area contributed by atoms with E-state index in [1.807, 2.05) is 17.5 Å². The van der Waals surface area contributed by atoms with Crippen LogP contribution in [0.1, 0.15) is 25.6 Å². The minimum atomic E-state index is -0.260. The van der Waals surface area contributed by atoms with E-state index in [0.29, 0.717) is 35.2 Å². The Labute approximate surface area is 172 Å². The van der Waals surface area contributed by atoms with E-state index < -0.39 is 0 Å². The van der Waals surface area contributed by atoms with Gasteiger partial charge in [0.05, 0.1) is 11.5 Å². The zero-order valence-electron chi connectivity index (χ0n) is 15.9. The first-order valence-corrected chi connectivity index (χ1v) is 9.84. The molecule has 3 rings (SSSR count). The maximum atomic E-state index is 12.6. The number of carbonyl (C=O) groups is 2. The minimum absolute atomic E-state index is 0.203. The summed E-state index contributed by atoms with van der Waals surface area (Å²) in [7, 11) is 1.60. The summed E-state index contributed by atoms with van der Waals surface area (Å²) in [6.45, 7) is 1.09. The largest absolute Gasteiger partial charge is 0.475 e. The van der Waals surface area contributed by atoms with Crippen LogP contribution in [0.3, 0.4) is 0 Å². The second-order valence-corrected chi connectivity index (χ2v) is 6.95. The summed E-state index contributed by atoms with van der Waals surface area (Å²) in [4.78, 5) is 29.5. The molecular weight excluding hydrogens is 390 g/mol. The van der Waals surface area contributed by atoms with Crippen LogP contribution in [0.5, 0.6) is 5.88 Å². The Bertz CT molecular complexity index is 960. The maximum Gasteiger partial charge on any atom is 0.265 e. The molecule has 2 amide bonds. The monoisotopic (exact) mass is 411 g/mol. The van der Waals surface area contributed by atoms with Crippen molar-refractivity contribution in [3.05, 3.63) is 76.1 Å². The van der Waals surface area contributed by atoms with Crippen LogP contribution in [-0.4, -0.2) is 37.1 Å². The van der Waals surface area contributed by atoms with Gasteiger partial charge in [0.2, 0.25) is 5.88 Å². The van der Waals surface area contributed by atoms with Crippen LogP contribution in [0.2, 0.25) is 0 Å². The summed E-state index contributed by atoms with van der Waals surface area (Å²) in [5.74, 6) is -0.00324. The fourth-order valence-corrected chi connectivity index (χ4v) is 3.15. The molecule has 0 saturated heterocycles. The molecule has 8 heteroatoms. The maximum absolute atomic E-state index is 12.6. The fraction of sp³-hybridized carbons (Fsp3) is 0.190. The van der Waals surface area contributed by atoms with Crippen molar-refractivity contribution in [3.63, 3.8) is 0 Å². The lowest BCUT2D eigenvalue weighted by atomic mass is 10.1. The number of aromatic nitrogens is 1. The molecule has 0 bridgehead atoms. The number of nitrogens with one attached hydrogen (secondary N) is 2. The number of amides is 2. The Hall–Kier alpha value is -3.23. The lowest BCUT2D eigenvalue weighted by Crippen LogP contribution is -2.23. The molecule has 0 aliphatic heterocycles. The predicted octanol–water partition coefficient (Wildman–Crippen LogP) is 3.35. The van der Waals surface area contributed by atoms with Gasteiger partial charge in [-0.1, -0.05) is 18.2 Å². The molecule has 0 saturated carbocycles. The Kier molecular flexibility index (Phi) is 7.32. The first-order valence-electron chi connectivity index (χ1n) is 8.96. The fourth-order valence-electron chi connectivity index (χ4n) is 2.53. The van der Waals surface area contributed by atoms with Gasteiger partial charge in [0.15, 0.2) is 0 Å². The third-order valence-corrected chi connectivity index (χ3v) is 4.81. The van der Waals surface area contributed by atoms with Crippen molar-refractivity contribution in [3.8, 4) is 5.88 Å². The van der Waals surface area contributed by atoms with Gasteiger partial charge in [0, 0.05) is 36.7 Å². The molecule has 0 fully saturated rings. The highest BCUT2D eigenvalue weighted by Crippen LogP contribution is 2.16. The molecule has 1 aromatic carbocycles. The number of nitrogens with zero attached hydrogens (tertiary/aromatic N) is 1. The van der Waals surface area contributed by atoms with E-state index in [1.54, 1.807) is 49.7 Å². The van der Waals surface area contributed by atoms with Gasteiger partial charge in [-0.25, -0.2) is 4.98 Å². The van der Waals surface area contributed by atoms with E-state index in [-0.39, 0.29) is 18.4 Å². The van der Waals surface area contributed by atoms with Crippen molar-refractivity contribution in [2.24, 2.45) is 0 Å². The molecule has 150 valence electrons. The summed E-state index contributed by atoms with van der Waals surface area (Å²) >= 11 is 1.36. The van der Waals surface area contributed by atoms with Gasteiger partial charge >= 0.3 is 0 Å². The number of hydrogen-bond donors (Lipinski definition) is 2. The zero-order chi connectivity index (χ0) is 20.5. The van der Waals surface area contributed by atoms with Gasteiger partial charge in [0.25, 0.3) is 11.8 Å². The van der Waals surface area contributed by atoms with E-state index in [2.05, 4.69) is 15.6 Å². The SMILES string of the molecule is COCCOc1ncccc1CNC(=O)c1cccc(NC(=O)c2cccs2)c1. The molecule has 0 unspecified atom stereocenters. The van der Waals surface area contributed by atoms with Crippen molar-refractivity contribution in [2.45, 2.75) is 6.54 Å². The first-order chi connectivity index (χ1) is 14.2. The van der Waals surface area contributed by atoms with Crippen molar-refractivity contribution < 1.29 is 19.1 Å². The molecule has 0 spiro atoms. The van der Waals surface area contributed by atoms with Crippen molar-refractivity contribution in [1.82, 2.24) is 10.3 Å². The van der Waals surface area contributed by atoms with Crippen LogP contribution in [0.25, 0.3) is 0 Å². The number of ether oxygens (including phenoxy) is 2. The van der Waals surface area contributed by atoms with Gasteiger partial charge in [-0.05, 0) is 35.7 Å². The molecule has 0 atom stereocenters. The average molecular weight is 411 g/mol. The van der Waals surface area contributed by atoms with Crippen LogP contribution >= 0.6 is 11.3 Å². The molecular formula is C21H21N3O4S. The van der Waals surface area contributed by atoms with E-state index in [1.165, 1.54) is 11.3 Å². The highest BCUT2D eigenvalue weighted by Gasteiger charge is 2.11. The highest BCUT2D eigenvalue weighted by molar-refractivity contribution is 7.12. The second kappa shape index (κ2) is 10.4. The zero-order valence-corrected chi connectivity index (χ0v) is 16.7. The van der Waals surface area contributed by atoms with Crippen LogP contribution < -0.4 is 15.4 Å². The molecule has 7 nitrogen and oxygen atoms in total. The van der Waals surface area contributed by atoms with Gasteiger partial charge in [-0.3, -0.25) is 9.59 Å². The number of anilines is 1. The predicted molar refractivity (Wildman–Crippen MR) is 111 cm³/mol. The molecule has 2 N–H and O–H groups in total. The van der Waals surface area contributed by atoms with Crippen LogP contribution in [0, 0.1) is 0 Å². The van der Waals surface area contributed by atoms with Crippen molar-refractivity contribution in [1.29, 1.82) is 0 Å². The molecule has 2 heterocycles. The smallest absolute Gasteiger partial charge is 0.265 e. The van der Waals surface area contributed by atoms with Gasteiger partial charge in [-0.2, -0.15) is 0 Å². The second-order valence-electron chi connectivity index (χ2n) is 6.00. The Morgan fingerprint density at radius 3 is 2.76 bits per heavy atom. The number of benzene rings is 1. The molecule has 0 aliphatic carbocycles. The van der Waals surface area contributed by atoms with Crippen molar-refractivity contribution >= 4 is 28.8 Å². The van der Waals surface area contributed by atoms with E-state index in [0.717, 1.165) is 5.56 Å². The van der Waals surface area contributed by atoms with Crippen LogP contribution in [-0.2, 0) is 11.3 Å². The number of rotatable bonds is 9. The summed E-state index contributed by atoms with van der Waals surface area (Å²) in [5.41, 5.74) is 1.76. The first kappa shape index (κ1) is 20.5. The molecule has 3 aromatic rings. The molecule has 2 aromatic heterocycles. The lowest BCUT2D eigenvalue weighted by molar-refractivity contribution is 0.0948. The third kappa shape index (κ3) is 5.87. The van der Waals surface area contributed by atoms with Crippen molar-refractivity contribution in [2.75, 3.05) is 25.6 Å². The Balaban J connectivity index is 1.61. The third-order valence-electron chi connectivity index (χ3n) is 3.94. The quantitative estimate of drug-likeness (QED) is 0.527. The van der Waals surface area contributed by atoms with Gasteiger partial charge in [0.1, 0.15) is 6.61 Å². The van der Waals surface area contributed by atoms with Crippen LogP contribution in [0.15, 0.2) is 60.1 Å². The minimum Gasteiger partial charge on any atom is -0.475 e.